The topological polar surface area (TPSA) is 111 Å². The Bertz CT molecular complexity index is 536. The Morgan fingerprint density at radius 2 is 2.05 bits per heavy atom. The molecule has 0 bridgehead atoms. The van der Waals surface area contributed by atoms with Crippen molar-refractivity contribution in [3.05, 3.63) is 12.4 Å². The third-order valence-electron chi connectivity index (χ3n) is 3.01. The highest BCUT2D eigenvalue weighted by Gasteiger charge is 2.09. The molecule has 0 aliphatic heterocycles. The van der Waals surface area contributed by atoms with E-state index in [0.717, 1.165) is 32.6 Å². The summed E-state index contributed by atoms with van der Waals surface area (Å²) in [6.45, 7) is 7.26. The Labute approximate surface area is 123 Å². The van der Waals surface area contributed by atoms with E-state index in [-0.39, 0.29) is 5.95 Å². The van der Waals surface area contributed by atoms with E-state index >= 15 is 0 Å². The molecule has 2 aromatic rings. The summed E-state index contributed by atoms with van der Waals surface area (Å²) in [6.07, 6.45) is 4.38. The molecule has 0 aliphatic carbocycles. The summed E-state index contributed by atoms with van der Waals surface area (Å²) in [6, 6.07) is 0. The van der Waals surface area contributed by atoms with Gasteiger partial charge in [0.15, 0.2) is 0 Å². The van der Waals surface area contributed by atoms with Crippen LogP contribution >= 0.6 is 0 Å². The van der Waals surface area contributed by atoms with Gasteiger partial charge in [0.1, 0.15) is 0 Å². The number of aromatic nitrogens is 6. The summed E-state index contributed by atoms with van der Waals surface area (Å²) in [5, 5.41) is 10.8. The van der Waals surface area contributed by atoms with Gasteiger partial charge in [0.05, 0.1) is 6.20 Å². The normalized spacial score (nSPS) is 10.6. The molecule has 0 aliphatic rings. The lowest BCUT2D eigenvalue weighted by molar-refractivity contribution is 0.569. The van der Waals surface area contributed by atoms with E-state index in [1.807, 2.05) is 11.1 Å². The lowest BCUT2D eigenvalue weighted by Crippen LogP contribution is -2.25. The molecule has 21 heavy (non-hydrogen) atoms. The van der Waals surface area contributed by atoms with Crippen LogP contribution in [-0.4, -0.2) is 49.6 Å². The molecule has 2 rings (SSSR count). The Hall–Kier alpha value is -2.45. The van der Waals surface area contributed by atoms with Crippen LogP contribution in [-0.2, 0) is 6.54 Å². The standard InChI is InChI=1S/C12H21N9/c1-3-20(4-2)12-17-10(13)16-11(18-12)14-6-5-8-21-9-7-15-19-21/h7,9H,3-6,8H2,1-2H3,(H3,13,14,16,17,18). The number of anilines is 3. The fourth-order valence-corrected chi connectivity index (χ4v) is 1.90. The molecule has 0 unspecified atom stereocenters. The van der Waals surface area contributed by atoms with Gasteiger partial charge in [-0.1, -0.05) is 5.21 Å². The molecular weight excluding hydrogens is 270 g/mol. The minimum absolute atomic E-state index is 0.227. The van der Waals surface area contributed by atoms with E-state index in [2.05, 4.69) is 44.4 Å². The predicted octanol–water partition coefficient (Wildman–Crippen LogP) is 0.394. The average Bonchev–Trinajstić information content (AvgIpc) is 2.98. The van der Waals surface area contributed by atoms with Gasteiger partial charge in [-0.2, -0.15) is 15.0 Å². The van der Waals surface area contributed by atoms with Crippen LogP contribution in [0.2, 0.25) is 0 Å². The van der Waals surface area contributed by atoms with Crippen molar-refractivity contribution in [1.29, 1.82) is 0 Å². The summed E-state index contributed by atoms with van der Waals surface area (Å²) in [5.74, 6) is 1.33. The maximum atomic E-state index is 5.74. The molecular formula is C12H21N9. The molecule has 9 heteroatoms. The van der Waals surface area contributed by atoms with Crippen molar-refractivity contribution in [2.24, 2.45) is 0 Å². The minimum atomic E-state index is 0.227. The first kappa shape index (κ1) is 14.9. The number of hydrogen-bond donors (Lipinski definition) is 2. The molecule has 9 nitrogen and oxygen atoms in total. The fraction of sp³-hybridized carbons (Fsp3) is 0.583. The Morgan fingerprint density at radius 1 is 1.24 bits per heavy atom. The lowest BCUT2D eigenvalue weighted by Gasteiger charge is -2.19. The molecule has 0 aromatic carbocycles. The fourth-order valence-electron chi connectivity index (χ4n) is 1.90. The zero-order chi connectivity index (χ0) is 15.1. The lowest BCUT2D eigenvalue weighted by atomic mass is 10.4. The number of nitrogens with one attached hydrogen (secondary N) is 1. The highest BCUT2D eigenvalue weighted by atomic mass is 15.4. The van der Waals surface area contributed by atoms with Crippen LogP contribution in [0.3, 0.4) is 0 Å². The van der Waals surface area contributed by atoms with Crippen molar-refractivity contribution >= 4 is 17.8 Å². The van der Waals surface area contributed by atoms with Crippen molar-refractivity contribution in [1.82, 2.24) is 29.9 Å². The quantitative estimate of drug-likeness (QED) is 0.672. The second kappa shape index (κ2) is 7.36. The van der Waals surface area contributed by atoms with E-state index in [4.69, 9.17) is 5.73 Å². The monoisotopic (exact) mass is 291 g/mol. The zero-order valence-corrected chi connectivity index (χ0v) is 12.4. The van der Waals surface area contributed by atoms with E-state index in [1.165, 1.54) is 0 Å². The summed E-state index contributed by atoms with van der Waals surface area (Å²) in [5.41, 5.74) is 5.74. The first-order chi connectivity index (χ1) is 10.2. The molecule has 2 heterocycles. The summed E-state index contributed by atoms with van der Waals surface area (Å²) in [4.78, 5) is 14.7. The Balaban J connectivity index is 1.90. The molecule has 0 saturated heterocycles. The van der Waals surface area contributed by atoms with E-state index in [9.17, 15) is 0 Å². The second-order valence-corrected chi connectivity index (χ2v) is 4.44. The largest absolute Gasteiger partial charge is 0.368 e. The number of aryl methyl sites for hydroxylation is 1. The van der Waals surface area contributed by atoms with Gasteiger partial charge < -0.3 is 16.0 Å². The van der Waals surface area contributed by atoms with E-state index < -0.39 is 0 Å². The molecule has 3 N–H and O–H groups in total. The number of rotatable bonds is 8. The van der Waals surface area contributed by atoms with Gasteiger partial charge in [-0.15, -0.1) is 5.10 Å². The highest BCUT2D eigenvalue weighted by Crippen LogP contribution is 2.11. The van der Waals surface area contributed by atoms with E-state index in [1.54, 1.807) is 10.9 Å². The van der Waals surface area contributed by atoms with Gasteiger partial charge in [0, 0.05) is 32.4 Å². The first-order valence-corrected chi connectivity index (χ1v) is 7.07. The third kappa shape index (κ3) is 4.26. The molecule has 0 atom stereocenters. The number of nitrogens with zero attached hydrogens (tertiary/aromatic N) is 7. The van der Waals surface area contributed by atoms with Gasteiger partial charge in [-0.25, -0.2) is 0 Å². The third-order valence-corrected chi connectivity index (χ3v) is 3.01. The van der Waals surface area contributed by atoms with Crippen LogP contribution in [0.25, 0.3) is 0 Å². The SMILES string of the molecule is CCN(CC)c1nc(N)nc(NCCCn2ccnn2)n1. The van der Waals surface area contributed by atoms with E-state index in [0.29, 0.717) is 11.9 Å². The van der Waals surface area contributed by atoms with Gasteiger partial charge in [0.2, 0.25) is 17.8 Å². The van der Waals surface area contributed by atoms with Crippen molar-refractivity contribution in [3.8, 4) is 0 Å². The van der Waals surface area contributed by atoms with Crippen molar-refractivity contribution in [3.63, 3.8) is 0 Å². The maximum absolute atomic E-state index is 5.74. The van der Waals surface area contributed by atoms with Crippen molar-refractivity contribution in [2.75, 3.05) is 35.6 Å². The van der Waals surface area contributed by atoms with Crippen LogP contribution in [0.15, 0.2) is 12.4 Å². The van der Waals surface area contributed by atoms with Crippen molar-refractivity contribution in [2.45, 2.75) is 26.8 Å². The van der Waals surface area contributed by atoms with Crippen LogP contribution < -0.4 is 16.0 Å². The summed E-state index contributed by atoms with van der Waals surface area (Å²) < 4.78 is 1.78. The zero-order valence-electron chi connectivity index (χ0n) is 12.4. The molecule has 0 radical (unpaired) electrons. The number of nitrogen functional groups attached to an aromatic ring is 1. The van der Waals surface area contributed by atoms with Gasteiger partial charge in [-0.3, -0.25) is 4.68 Å². The molecule has 0 saturated carbocycles. The predicted molar refractivity (Wildman–Crippen MR) is 80.9 cm³/mol. The smallest absolute Gasteiger partial charge is 0.231 e. The summed E-state index contributed by atoms with van der Waals surface area (Å²) >= 11 is 0. The molecule has 0 amide bonds. The summed E-state index contributed by atoms with van der Waals surface area (Å²) in [7, 11) is 0. The average molecular weight is 291 g/mol. The van der Waals surface area contributed by atoms with Gasteiger partial charge >= 0.3 is 0 Å². The van der Waals surface area contributed by atoms with Crippen LogP contribution in [0.1, 0.15) is 20.3 Å². The Kier molecular flexibility index (Phi) is 5.24. The number of nitrogens with two attached hydrogens (primary N) is 1. The van der Waals surface area contributed by atoms with Crippen LogP contribution in [0.4, 0.5) is 17.8 Å². The molecule has 114 valence electrons. The van der Waals surface area contributed by atoms with Crippen LogP contribution in [0.5, 0.6) is 0 Å². The van der Waals surface area contributed by atoms with Crippen LogP contribution in [0, 0.1) is 0 Å². The van der Waals surface area contributed by atoms with Gasteiger partial charge in [0.25, 0.3) is 0 Å². The molecule has 0 fully saturated rings. The maximum Gasteiger partial charge on any atom is 0.231 e. The first-order valence-electron chi connectivity index (χ1n) is 7.07. The second-order valence-electron chi connectivity index (χ2n) is 4.44. The van der Waals surface area contributed by atoms with Gasteiger partial charge in [-0.05, 0) is 20.3 Å². The molecule has 2 aromatic heterocycles. The number of hydrogen-bond acceptors (Lipinski definition) is 8. The minimum Gasteiger partial charge on any atom is -0.368 e. The molecule has 0 spiro atoms. The highest BCUT2D eigenvalue weighted by molar-refractivity contribution is 5.41. The van der Waals surface area contributed by atoms with Crippen molar-refractivity contribution < 1.29 is 0 Å². The Morgan fingerprint density at radius 3 is 2.71 bits per heavy atom.